The van der Waals surface area contributed by atoms with Gasteiger partial charge < -0.3 is 14.8 Å². The molecule has 3 aliphatic heterocycles. The lowest BCUT2D eigenvalue weighted by Gasteiger charge is -2.47. The number of ether oxygens (including phenoxy) is 2. The van der Waals surface area contributed by atoms with Crippen molar-refractivity contribution < 1.29 is 45.8 Å². The molecule has 1 N–H and O–H groups in total. The largest absolute Gasteiger partial charge is 0.489 e. The highest BCUT2D eigenvalue weighted by molar-refractivity contribution is 6.25. The maximum absolute atomic E-state index is 15.5. The van der Waals surface area contributed by atoms with Gasteiger partial charge in [-0.05, 0) is 61.7 Å². The minimum Gasteiger partial charge on any atom is -0.489 e. The van der Waals surface area contributed by atoms with Crippen LogP contribution in [0.4, 0.5) is 27.6 Å². The van der Waals surface area contributed by atoms with E-state index < -0.39 is 59.0 Å². The molecule has 0 spiro atoms. The van der Waals surface area contributed by atoms with Crippen LogP contribution in [0, 0.1) is 28.9 Å². The van der Waals surface area contributed by atoms with E-state index in [0.717, 1.165) is 23.2 Å². The van der Waals surface area contributed by atoms with Crippen molar-refractivity contribution in [1.82, 2.24) is 19.9 Å². The zero-order chi connectivity index (χ0) is 36.5. The van der Waals surface area contributed by atoms with Crippen LogP contribution in [0.1, 0.15) is 36.6 Å². The van der Waals surface area contributed by atoms with Crippen LogP contribution >= 0.6 is 0 Å². The number of aromatic nitrogens is 1. The average Bonchev–Trinajstić information content (AvgIpc) is 3.52. The van der Waals surface area contributed by atoms with Crippen LogP contribution in [0.25, 0.3) is 11.1 Å². The number of carbonyl (C=O) groups excluding carboxylic acids is 3. The topological polar surface area (TPSA) is 128 Å². The molecule has 16 heteroatoms. The molecule has 4 heterocycles. The van der Waals surface area contributed by atoms with Gasteiger partial charge in [0.15, 0.2) is 23.3 Å². The van der Waals surface area contributed by atoms with Gasteiger partial charge in [-0.25, -0.2) is 14.4 Å². The number of halogens is 5. The number of Topliss-reactive ketones (excluding diaryl/α,β-unsaturated/α-hetero) is 1. The standard InChI is InChI=1S/C35H33F5N6O5/c1-34-8-2-10-46(34)45(20-22-3-6-27(30(37)29(22)36)51-16-13-44-11-14-50-15-12-44)33(49)28(31(34)47)32(48)43-26-5-4-23(35(38,39)40)18-25(26)21-7-9-42-24(17-21)19-41/h3-7,9,17-18,28H,2,8,10-16,20H2,1H3,(H,43,48)/t28?,34-/m1/s1. The Morgan fingerprint density at radius 2 is 1.86 bits per heavy atom. The predicted octanol–water partition coefficient (Wildman–Crippen LogP) is 4.56. The van der Waals surface area contributed by atoms with Crippen molar-refractivity contribution in [3.63, 3.8) is 0 Å². The Bertz CT molecular complexity index is 1900. The number of nitrogens with one attached hydrogen (secondary N) is 1. The number of hydrogen-bond acceptors (Lipinski definition) is 9. The minimum absolute atomic E-state index is 0.0963. The third-order valence-electron chi connectivity index (χ3n) is 9.46. The summed E-state index contributed by atoms with van der Waals surface area (Å²) in [4.78, 5) is 47.6. The van der Waals surface area contributed by atoms with Crippen molar-refractivity contribution in [3.8, 4) is 22.9 Å². The lowest BCUT2D eigenvalue weighted by atomic mass is 9.82. The van der Waals surface area contributed by atoms with E-state index in [9.17, 15) is 32.8 Å². The summed E-state index contributed by atoms with van der Waals surface area (Å²) in [5.74, 6) is -7.63. The molecule has 11 nitrogen and oxygen atoms in total. The van der Waals surface area contributed by atoms with Crippen LogP contribution < -0.4 is 10.1 Å². The van der Waals surface area contributed by atoms with E-state index in [1.807, 2.05) is 0 Å². The molecule has 1 unspecified atom stereocenters. The summed E-state index contributed by atoms with van der Waals surface area (Å²) in [5.41, 5.74) is -2.90. The molecule has 2 atom stereocenters. The summed E-state index contributed by atoms with van der Waals surface area (Å²) in [6, 6.07) is 9.40. The second-order valence-electron chi connectivity index (χ2n) is 12.6. The molecule has 3 fully saturated rings. The Labute approximate surface area is 289 Å². The van der Waals surface area contributed by atoms with Gasteiger partial charge >= 0.3 is 6.18 Å². The maximum atomic E-state index is 15.5. The third kappa shape index (κ3) is 7.14. The first-order valence-electron chi connectivity index (χ1n) is 16.2. The number of fused-ring (bicyclic) bond motifs is 1. The lowest BCUT2D eigenvalue weighted by molar-refractivity contribution is -0.184. The normalized spacial score (nSPS) is 21.4. The molecule has 3 aliphatic rings. The molecular formula is C35H33F5N6O5. The fraction of sp³-hybridized carbons (Fsp3) is 0.400. The van der Waals surface area contributed by atoms with Gasteiger partial charge in [0.25, 0.3) is 5.91 Å². The number of carbonyl (C=O) groups is 3. The smallest absolute Gasteiger partial charge is 0.416 e. The van der Waals surface area contributed by atoms with E-state index in [-0.39, 0.29) is 53.4 Å². The van der Waals surface area contributed by atoms with Crippen molar-refractivity contribution in [2.75, 3.05) is 51.3 Å². The highest BCUT2D eigenvalue weighted by atomic mass is 19.4. The SMILES string of the molecule is C[C@]12CCCN1N(Cc1ccc(OCCN3CCOCC3)c(F)c1F)C(=O)C(C(=O)Nc1ccc(C(F)(F)F)cc1-c1ccnc(C#N)c1)C2=O. The molecule has 0 radical (unpaired) electrons. The summed E-state index contributed by atoms with van der Waals surface area (Å²) in [6.07, 6.45) is -2.82. The number of pyridine rings is 1. The summed E-state index contributed by atoms with van der Waals surface area (Å²) < 4.78 is 82.6. The Hall–Kier alpha value is -4.98. The average molecular weight is 713 g/mol. The van der Waals surface area contributed by atoms with Gasteiger partial charge in [0.2, 0.25) is 11.7 Å². The molecule has 3 saturated heterocycles. The van der Waals surface area contributed by atoms with E-state index in [0.29, 0.717) is 39.3 Å². The first kappa shape index (κ1) is 35.8. The molecule has 51 heavy (non-hydrogen) atoms. The van der Waals surface area contributed by atoms with Gasteiger partial charge in [0.05, 0.1) is 30.9 Å². The first-order chi connectivity index (χ1) is 24.3. The highest BCUT2D eigenvalue weighted by Crippen LogP contribution is 2.41. The van der Waals surface area contributed by atoms with E-state index in [1.165, 1.54) is 35.5 Å². The molecule has 268 valence electrons. The van der Waals surface area contributed by atoms with Crippen LogP contribution in [0.15, 0.2) is 48.7 Å². The van der Waals surface area contributed by atoms with Crippen molar-refractivity contribution in [1.29, 1.82) is 5.26 Å². The molecule has 3 aromatic rings. The Balaban J connectivity index is 1.26. The lowest BCUT2D eigenvalue weighted by Crippen LogP contribution is -2.68. The van der Waals surface area contributed by atoms with Gasteiger partial charge in [-0.15, -0.1) is 0 Å². The zero-order valence-electron chi connectivity index (χ0n) is 27.4. The predicted molar refractivity (Wildman–Crippen MR) is 171 cm³/mol. The summed E-state index contributed by atoms with van der Waals surface area (Å²) in [7, 11) is 0. The fourth-order valence-corrected chi connectivity index (χ4v) is 6.68. The van der Waals surface area contributed by atoms with Crippen LogP contribution in [-0.2, 0) is 31.8 Å². The molecule has 0 bridgehead atoms. The Morgan fingerprint density at radius 3 is 2.59 bits per heavy atom. The first-order valence-corrected chi connectivity index (χ1v) is 16.2. The number of amides is 2. The number of nitriles is 1. The van der Waals surface area contributed by atoms with E-state index in [4.69, 9.17) is 9.47 Å². The summed E-state index contributed by atoms with van der Waals surface area (Å²) >= 11 is 0. The quantitative estimate of drug-likeness (QED) is 0.251. The number of benzene rings is 2. The number of ketones is 1. The minimum atomic E-state index is -4.75. The summed E-state index contributed by atoms with van der Waals surface area (Å²) in [6.45, 7) is 4.38. The molecule has 2 amide bonds. The molecule has 0 saturated carbocycles. The summed E-state index contributed by atoms with van der Waals surface area (Å²) in [5, 5.41) is 14.3. The maximum Gasteiger partial charge on any atom is 0.416 e. The van der Waals surface area contributed by atoms with Gasteiger partial charge in [-0.2, -0.15) is 22.8 Å². The Morgan fingerprint density at radius 1 is 1.10 bits per heavy atom. The number of hydrogen-bond donors (Lipinski definition) is 1. The molecule has 6 rings (SSSR count). The van der Waals surface area contributed by atoms with Crippen molar-refractivity contribution in [3.05, 3.63) is 77.1 Å². The monoisotopic (exact) mass is 712 g/mol. The highest BCUT2D eigenvalue weighted by Gasteiger charge is 2.58. The number of alkyl halides is 3. The van der Waals surface area contributed by atoms with Gasteiger partial charge in [-0.1, -0.05) is 6.07 Å². The number of anilines is 1. The Kier molecular flexibility index (Phi) is 10.1. The molecular weight excluding hydrogens is 679 g/mol. The van der Waals surface area contributed by atoms with Crippen LogP contribution in [0.2, 0.25) is 0 Å². The van der Waals surface area contributed by atoms with E-state index in [1.54, 1.807) is 13.0 Å². The van der Waals surface area contributed by atoms with Gasteiger partial charge in [-0.3, -0.25) is 24.3 Å². The van der Waals surface area contributed by atoms with Crippen LogP contribution in [0.3, 0.4) is 0 Å². The van der Waals surface area contributed by atoms with Gasteiger partial charge in [0.1, 0.15) is 18.4 Å². The number of rotatable bonds is 9. The third-order valence-corrected chi connectivity index (χ3v) is 9.46. The second-order valence-corrected chi connectivity index (χ2v) is 12.6. The number of nitrogens with zero attached hydrogens (tertiary/aromatic N) is 5. The number of morpholine rings is 1. The van der Waals surface area contributed by atoms with E-state index in [2.05, 4.69) is 15.2 Å². The van der Waals surface area contributed by atoms with Crippen LogP contribution in [0.5, 0.6) is 5.75 Å². The van der Waals surface area contributed by atoms with Crippen molar-refractivity contribution >= 4 is 23.3 Å². The second kappa shape index (κ2) is 14.3. The fourth-order valence-electron chi connectivity index (χ4n) is 6.68. The van der Waals surface area contributed by atoms with Crippen LogP contribution in [-0.4, -0.2) is 89.0 Å². The van der Waals surface area contributed by atoms with Gasteiger partial charge in [0, 0.05) is 49.2 Å². The zero-order valence-corrected chi connectivity index (χ0v) is 27.4. The van der Waals surface area contributed by atoms with Crippen molar-refractivity contribution in [2.24, 2.45) is 5.92 Å². The van der Waals surface area contributed by atoms with Crippen molar-refractivity contribution in [2.45, 2.75) is 38.0 Å². The number of hydrazine groups is 1. The molecule has 0 aliphatic carbocycles. The molecule has 1 aromatic heterocycles. The molecule has 2 aromatic carbocycles. The van der Waals surface area contributed by atoms with E-state index >= 15 is 8.78 Å².